The lowest BCUT2D eigenvalue weighted by Gasteiger charge is -2.35. The van der Waals surface area contributed by atoms with Crippen LogP contribution in [0.25, 0.3) is 0 Å². The number of hydrogen-bond donors (Lipinski definition) is 1. The molecule has 0 spiro atoms. The first-order chi connectivity index (χ1) is 6.81. The van der Waals surface area contributed by atoms with Crippen LogP contribution in [0.2, 0.25) is 0 Å². The van der Waals surface area contributed by atoms with Gasteiger partial charge in [-0.1, -0.05) is 25.8 Å². The average Bonchev–Trinajstić information content (AvgIpc) is 2.21. The van der Waals surface area contributed by atoms with Crippen LogP contribution >= 0.6 is 0 Å². The van der Waals surface area contributed by atoms with E-state index in [-0.39, 0.29) is 0 Å². The molecule has 0 saturated heterocycles. The molecule has 1 heteroatoms. The second-order valence-corrected chi connectivity index (χ2v) is 4.69. The van der Waals surface area contributed by atoms with Crippen LogP contribution in [0.1, 0.15) is 39.0 Å². The molecular weight excluding hydrogens is 170 g/mol. The van der Waals surface area contributed by atoms with Gasteiger partial charge in [-0.15, -0.1) is 6.58 Å². The third kappa shape index (κ3) is 3.13. The summed E-state index contributed by atoms with van der Waals surface area (Å²) in [5.41, 5.74) is 0. The highest BCUT2D eigenvalue weighted by Gasteiger charge is 2.28. The van der Waals surface area contributed by atoms with Crippen molar-refractivity contribution in [2.24, 2.45) is 17.8 Å². The van der Waals surface area contributed by atoms with E-state index in [9.17, 15) is 0 Å². The molecule has 1 rings (SSSR count). The Balaban J connectivity index is 2.46. The van der Waals surface area contributed by atoms with Crippen molar-refractivity contribution in [2.75, 3.05) is 13.6 Å². The van der Waals surface area contributed by atoms with Crippen molar-refractivity contribution in [3.8, 4) is 0 Å². The zero-order valence-electron chi connectivity index (χ0n) is 9.76. The van der Waals surface area contributed by atoms with Crippen LogP contribution in [-0.2, 0) is 0 Å². The number of rotatable bonds is 5. The molecule has 0 heterocycles. The summed E-state index contributed by atoms with van der Waals surface area (Å²) < 4.78 is 0. The molecule has 1 saturated carbocycles. The molecule has 1 nitrogen and oxygen atoms in total. The van der Waals surface area contributed by atoms with Gasteiger partial charge in [-0.2, -0.15) is 0 Å². The van der Waals surface area contributed by atoms with E-state index in [0.29, 0.717) is 0 Å². The molecule has 1 aliphatic carbocycles. The lowest BCUT2D eigenvalue weighted by atomic mass is 9.72. The van der Waals surface area contributed by atoms with Crippen molar-refractivity contribution in [1.29, 1.82) is 0 Å². The van der Waals surface area contributed by atoms with E-state index >= 15 is 0 Å². The molecule has 3 atom stereocenters. The summed E-state index contributed by atoms with van der Waals surface area (Å²) in [6.07, 6.45) is 8.96. The molecule has 1 N–H and O–H groups in total. The standard InChI is InChI=1S/C13H25N/c1-4-6-12-9-11(5-2)7-8-13(12)10-14-3/h4,11-14H,1,5-10H2,2-3H3. The van der Waals surface area contributed by atoms with Gasteiger partial charge in [0.05, 0.1) is 0 Å². The normalized spacial score (nSPS) is 32.9. The lowest BCUT2D eigenvalue weighted by Crippen LogP contribution is -2.31. The maximum atomic E-state index is 3.88. The minimum absolute atomic E-state index is 0.888. The monoisotopic (exact) mass is 195 g/mol. The van der Waals surface area contributed by atoms with E-state index in [4.69, 9.17) is 0 Å². The van der Waals surface area contributed by atoms with E-state index in [1.807, 2.05) is 0 Å². The molecule has 82 valence electrons. The fraction of sp³-hybridized carbons (Fsp3) is 0.846. The summed E-state index contributed by atoms with van der Waals surface area (Å²) in [6, 6.07) is 0. The van der Waals surface area contributed by atoms with Gasteiger partial charge in [0.25, 0.3) is 0 Å². The SMILES string of the molecule is C=CCC1CC(CC)CCC1CNC. The molecule has 0 radical (unpaired) electrons. The largest absolute Gasteiger partial charge is 0.319 e. The van der Waals surface area contributed by atoms with E-state index in [0.717, 1.165) is 17.8 Å². The Labute approximate surface area is 89.0 Å². The molecule has 0 aromatic rings. The summed E-state index contributed by atoms with van der Waals surface area (Å²) in [5.74, 6) is 2.76. The highest BCUT2D eigenvalue weighted by molar-refractivity contribution is 4.85. The number of allylic oxidation sites excluding steroid dienone is 1. The van der Waals surface area contributed by atoms with E-state index < -0.39 is 0 Å². The molecule has 1 fully saturated rings. The Morgan fingerprint density at radius 1 is 1.36 bits per heavy atom. The Bertz CT molecular complexity index is 165. The predicted molar refractivity (Wildman–Crippen MR) is 63.4 cm³/mol. The highest BCUT2D eigenvalue weighted by atomic mass is 14.8. The number of nitrogens with one attached hydrogen (secondary N) is 1. The third-order valence-corrected chi connectivity index (χ3v) is 3.76. The predicted octanol–water partition coefficient (Wildman–Crippen LogP) is 3.22. The van der Waals surface area contributed by atoms with Crippen molar-refractivity contribution >= 4 is 0 Å². The minimum atomic E-state index is 0.888. The number of hydrogen-bond acceptors (Lipinski definition) is 1. The smallest absolute Gasteiger partial charge is 0.00208 e. The van der Waals surface area contributed by atoms with Gasteiger partial charge in [-0.3, -0.25) is 0 Å². The van der Waals surface area contributed by atoms with Crippen LogP contribution in [0.3, 0.4) is 0 Å². The molecule has 14 heavy (non-hydrogen) atoms. The van der Waals surface area contributed by atoms with Crippen LogP contribution in [0.15, 0.2) is 12.7 Å². The fourth-order valence-corrected chi connectivity index (χ4v) is 2.83. The zero-order chi connectivity index (χ0) is 10.4. The maximum absolute atomic E-state index is 3.88. The van der Waals surface area contributed by atoms with Gasteiger partial charge >= 0.3 is 0 Å². The van der Waals surface area contributed by atoms with Crippen LogP contribution in [0.4, 0.5) is 0 Å². The van der Waals surface area contributed by atoms with E-state index in [2.05, 4.69) is 31.9 Å². The molecule has 0 bridgehead atoms. The van der Waals surface area contributed by atoms with Crippen molar-refractivity contribution < 1.29 is 0 Å². The second kappa shape index (κ2) is 6.23. The summed E-state index contributed by atoms with van der Waals surface area (Å²) in [7, 11) is 2.07. The van der Waals surface area contributed by atoms with Gasteiger partial charge in [0.2, 0.25) is 0 Å². The summed E-state index contributed by atoms with van der Waals surface area (Å²) >= 11 is 0. The van der Waals surface area contributed by atoms with Crippen molar-refractivity contribution in [3.05, 3.63) is 12.7 Å². The van der Waals surface area contributed by atoms with E-state index in [1.165, 1.54) is 38.6 Å². The first kappa shape index (κ1) is 11.8. The van der Waals surface area contributed by atoms with Gasteiger partial charge in [0.15, 0.2) is 0 Å². The lowest BCUT2D eigenvalue weighted by molar-refractivity contribution is 0.176. The second-order valence-electron chi connectivity index (χ2n) is 4.69. The van der Waals surface area contributed by atoms with Crippen molar-refractivity contribution in [1.82, 2.24) is 5.32 Å². The van der Waals surface area contributed by atoms with Crippen LogP contribution < -0.4 is 5.32 Å². The van der Waals surface area contributed by atoms with Crippen molar-refractivity contribution in [3.63, 3.8) is 0 Å². The van der Waals surface area contributed by atoms with Crippen LogP contribution in [-0.4, -0.2) is 13.6 Å². The molecule has 0 aromatic heterocycles. The summed E-state index contributed by atoms with van der Waals surface area (Å²) in [6.45, 7) is 7.40. The van der Waals surface area contributed by atoms with Gasteiger partial charge in [0.1, 0.15) is 0 Å². The van der Waals surface area contributed by atoms with Gasteiger partial charge in [-0.25, -0.2) is 0 Å². The first-order valence-corrected chi connectivity index (χ1v) is 6.07. The summed E-state index contributed by atoms with van der Waals surface area (Å²) in [5, 5.41) is 3.32. The van der Waals surface area contributed by atoms with Crippen LogP contribution in [0.5, 0.6) is 0 Å². The maximum Gasteiger partial charge on any atom is -0.00208 e. The first-order valence-electron chi connectivity index (χ1n) is 6.07. The fourth-order valence-electron chi connectivity index (χ4n) is 2.83. The quantitative estimate of drug-likeness (QED) is 0.664. The Hall–Kier alpha value is -0.300. The zero-order valence-corrected chi connectivity index (χ0v) is 9.76. The molecule has 0 aliphatic heterocycles. The molecule has 1 aliphatic rings. The van der Waals surface area contributed by atoms with Crippen molar-refractivity contribution in [2.45, 2.75) is 39.0 Å². The summed E-state index contributed by atoms with van der Waals surface area (Å²) in [4.78, 5) is 0. The van der Waals surface area contributed by atoms with Gasteiger partial charge in [0, 0.05) is 0 Å². The molecule has 0 amide bonds. The Morgan fingerprint density at radius 2 is 2.14 bits per heavy atom. The Morgan fingerprint density at radius 3 is 2.71 bits per heavy atom. The molecule has 3 unspecified atom stereocenters. The molecule has 0 aromatic carbocycles. The van der Waals surface area contributed by atoms with Gasteiger partial charge in [-0.05, 0) is 50.6 Å². The topological polar surface area (TPSA) is 12.0 Å². The van der Waals surface area contributed by atoms with E-state index in [1.54, 1.807) is 0 Å². The minimum Gasteiger partial charge on any atom is -0.319 e. The van der Waals surface area contributed by atoms with Crippen LogP contribution in [0, 0.1) is 17.8 Å². The Kier molecular flexibility index (Phi) is 5.24. The molecular formula is C13H25N. The van der Waals surface area contributed by atoms with Gasteiger partial charge < -0.3 is 5.32 Å². The highest BCUT2D eigenvalue weighted by Crippen LogP contribution is 2.37. The third-order valence-electron chi connectivity index (χ3n) is 3.76. The average molecular weight is 195 g/mol.